The van der Waals surface area contributed by atoms with E-state index in [4.69, 9.17) is 0 Å². The molecule has 1 N–H and O–H groups in total. The molecular formula is C17H19N5OS2. The third kappa shape index (κ3) is 4.08. The zero-order chi connectivity index (χ0) is 18.0. The quantitative estimate of drug-likeness (QED) is 0.691. The number of aromatic nitrogens is 4. The van der Waals surface area contributed by atoms with Crippen molar-refractivity contribution in [3.8, 4) is 5.69 Å². The number of anilines is 1. The lowest BCUT2D eigenvalue weighted by molar-refractivity contribution is -0.113. The number of carbonyl (C=O) groups is 1. The van der Waals surface area contributed by atoms with E-state index in [1.54, 1.807) is 0 Å². The maximum Gasteiger partial charge on any atom is 0.234 e. The molecule has 0 spiro atoms. The van der Waals surface area contributed by atoms with Crippen molar-refractivity contribution in [2.24, 2.45) is 0 Å². The van der Waals surface area contributed by atoms with E-state index in [2.05, 4.69) is 20.6 Å². The average molecular weight is 374 g/mol. The lowest BCUT2D eigenvalue weighted by Crippen LogP contribution is -2.15. The van der Waals surface area contributed by atoms with Crippen LogP contribution >= 0.6 is 23.1 Å². The van der Waals surface area contributed by atoms with Gasteiger partial charge in [-0.2, -0.15) is 5.10 Å². The molecule has 2 aromatic heterocycles. The topological polar surface area (TPSA) is 72.7 Å². The summed E-state index contributed by atoms with van der Waals surface area (Å²) in [7, 11) is 0. The van der Waals surface area contributed by atoms with Crippen molar-refractivity contribution < 1.29 is 4.79 Å². The van der Waals surface area contributed by atoms with Crippen LogP contribution in [0.3, 0.4) is 0 Å². The van der Waals surface area contributed by atoms with Gasteiger partial charge in [0.25, 0.3) is 0 Å². The van der Waals surface area contributed by atoms with Crippen LogP contribution in [-0.2, 0) is 4.79 Å². The number of hydrogen-bond acceptors (Lipinski definition) is 6. The highest BCUT2D eigenvalue weighted by molar-refractivity contribution is 8.01. The highest BCUT2D eigenvalue weighted by Crippen LogP contribution is 2.25. The SMILES string of the molecule is Cc1ccc(-n2nc(C)c(NC(=O)CSc3nnc(C)s3)c2C)cc1. The molecular weight excluding hydrogens is 354 g/mol. The predicted molar refractivity (Wildman–Crippen MR) is 102 cm³/mol. The summed E-state index contributed by atoms with van der Waals surface area (Å²) in [6, 6.07) is 8.14. The summed E-state index contributed by atoms with van der Waals surface area (Å²) in [5.74, 6) is 0.218. The van der Waals surface area contributed by atoms with E-state index < -0.39 is 0 Å². The predicted octanol–water partition coefficient (Wildman–Crippen LogP) is 3.69. The Morgan fingerprint density at radius 1 is 1.16 bits per heavy atom. The summed E-state index contributed by atoms with van der Waals surface area (Å²) < 4.78 is 2.66. The summed E-state index contributed by atoms with van der Waals surface area (Å²) in [5.41, 5.74) is 4.64. The van der Waals surface area contributed by atoms with Crippen LogP contribution in [0, 0.1) is 27.7 Å². The Labute approximate surface area is 154 Å². The van der Waals surface area contributed by atoms with Crippen LogP contribution in [0.15, 0.2) is 28.6 Å². The monoisotopic (exact) mass is 373 g/mol. The molecule has 0 aliphatic heterocycles. The van der Waals surface area contributed by atoms with Crippen molar-refractivity contribution in [1.82, 2.24) is 20.0 Å². The van der Waals surface area contributed by atoms with E-state index in [0.29, 0.717) is 5.75 Å². The lowest BCUT2D eigenvalue weighted by Gasteiger charge is -2.07. The fourth-order valence-electron chi connectivity index (χ4n) is 2.40. The summed E-state index contributed by atoms with van der Waals surface area (Å²) in [6.07, 6.45) is 0. The molecule has 1 amide bonds. The van der Waals surface area contributed by atoms with Crippen molar-refractivity contribution in [2.75, 3.05) is 11.1 Å². The Balaban J connectivity index is 1.72. The molecule has 8 heteroatoms. The molecule has 0 bridgehead atoms. The number of amides is 1. The van der Waals surface area contributed by atoms with Gasteiger partial charge in [-0.05, 0) is 39.8 Å². The zero-order valence-electron chi connectivity index (χ0n) is 14.5. The van der Waals surface area contributed by atoms with Crippen molar-refractivity contribution >= 4 is 34.7 Å². The number of nitrogens with one attached hydrogen (secondary N) is 1. The summed E-state index contributed by atoms with van der Waals surface area (Å²) in [5, 5.41) is 16.4. The Kier molecular flexibility index (Phi) is 5.19. The van der Waals surface area contributed by atoms with Crippen LogP contribution in [0.1, 0.15) is 22.0 Å². The minimum Gasteiger partial charge on any atom is -0.322 e. The van der Waals surface area contributed by atoms with Crippen LogP contribution in [-0.4, -0.2) is 31.6 Å². The van der Waals surface area contributed by atoms with Crippen LogP contribution in [0.2, 0.25) is 0 Å². The largest absolute Gasteiger partial charge is 0.322 e. The fourth-order valence-corrected chi connectivity index (χ4v) is 4.02. The van der Waals surface area contributed by atoms with E-state index in [9.17, 15) is 4.79 Å². The molecule has 0 saturated heterocycles. The maximum atomic E-state index is 12.3. The van der Waals surface area contributed by atoms with Crippen LogP contribution < -0.4 is 5.32 Å². The molecule has 25 heavy (non-hydrogen) atoms. The Hall–Kier alpha value is -2.19. The third-order valence-corrected chi connectivity index (χ3v) is 5.64. The number of nitrogens with zero attached hydrogens (tertiary/aromatic N) is 4. The molecule has 0 saturated carbocycles. The number of thioether (sulfide) groups is 1. The van der Waals surface area contributed by atoms with E-state index in [1.807, 2.05) is 56.6 Å². The lowest BCUT2D eigenvalue weighted by atomic mass is 10.2. The molecule has 0 fully saturated rings. The molecule has 2 heterocycles. The number of hydrogen-bond donors (Lipinski definition) is 1. The van der Waals surface area contributed by atoms with Crippen molar-refractivity contribution in [3.05, 3.63) is 46.2 Å². The van der Waals surface area contributed by atoms with Gasteiger partial charge in [0.2, 0.25) is 5.91 Å². The van der Waals surface area contributed by atoms with E-state index >= 15 is 0 Å². The molecule has 0 radical (unpaired) electrons. The first-order valence-corrected chi connectivity index (χ1v) is 9.60. The van der Waals surface area contributed by atoms with Gasteiger partial charge in [0.1, 0.15) is 5.01 Å². The smallest absolute Gasteiger partial charge is 0.234 e. The molecule has 3 aromatic rings. The molecule has 130 valence electrons. The minimum absolute atomic E-state index is 0.0764. The molecule has 3 rings (SSSR count). The van der Waals surface area contributed by atoms with Gasteiger partial charge in [0.15, 0.2) is 4.34 Å². The van der Waals surface area contributed by atoms with E-state index in [1.165, 1.54) is 28.7 Å². The first kappa shape index (κ1) is 17.6. The maximum absolute atomic E-state index is 12.3. The standard InChI is InChI=1S/C17H19N5OS2/c1-10-5-7-14(8-6-10)22-12(3)16(11(2)21-22)18-15(23)9-24-17-20-19-13(4)25-17/h5-8H,9H2,1-4H3,(H,18,23). The molecule has 0 unspecified atom stereocenters. The third-order valence-electron chi connectivity index (χ3n) is 3.67. The van der Waals surface area contributed by atoms with Crippen LogP contribution in [0.4, 0.5) is 5.69 Å². The van der Waals surface area contributed by atoms with Crippen LogP contribution in [0.25, 0.3) is 5.69 Å². The van der Waals surface area contributed by atoms with Crippen molar-refractivity contribution in [2.45, 2.75) is 32.0 Å². The van der Waals surface area contributed by atoms with Gasteiger partial charge in [-0.3, -0.25) is 4.79 Å². The number of carbonyl (C=O) groups excluding carboxylic acids is 1. The highest BCUT2D eigenvalue weighted by Gasteiger charge is 2.16. The highest BCUT2D eigenvalue weighted by atomic mass is 32.2. The van der Waals surface area contributed by atoms with Gasteiger partial charge in [0, 0.05) is 0 Å². The van der Waals surface area contributed by atoms with Gasteiger partial charge in [-0.1, -0.05) is 40.8 Å². The molecule has 0 aliphatic rings. The normalized spacial score (nSPS) is 10.9. The molecule has 0 aliphatic carbocycles. The fraction of sp³-hybridized carbons (Fsp3) is 0.294. The van der Waals surface area contributed by atoms with Gasteiger partial charge in [-0.25, -0.2) is 4.68 Å². The number of rotatable bonds is 5. The first-order valence-electron chi connectivity index (χ1n) is 7.80. The second-order valence-electron chi connectivity index (χ2n) is 5.72. The summed E-state index contributed by atoms with van der Waals surface area (Å²) in [4.78, 5) is 12.3. The Morgan fingerprint density at radius 2 is 1.88 bits per heavy atom. The first-order chi connectivity index (χ1) is 11.9. The summed E-state index contributed by atoms with van der Waals surface area (Å²) in [6.45, 7) is 7.80. The second kappa shape index (κ2) is 7.37. The van der Waals surface area contributed by atoms with Crippen LogP contribution in [0.5, 0.6) is 0 Å². The zero-order valence-corrected chi connectivity index (χ0v) is 16.2. The number of benzene rings is 1. The molecule has 1 aromatic carbocycles. The Morgan fingerprint density at radius 3 is 2.52 bits per heavy atom. The molecule has 0 atom stereocenters. The molecule has 6 nitrogen and oxygen atoms in total. The number of aryl methyl sites for hydroxylation is 3. The Bertz CT molecular complexity index is 898. The van der Waals surface area contributed by atoms with Crippen molar-refractivity contribution in [1.29, 1.82) is 0 Å². The van der Waals surface area contributed by atoms with Gasteiger partial charge >= 0.3 is 0 Å². The van der Waals surface area contributed by atoms with E-state index in [0.717, 1.165) is 32.1 Å². The van der Waals surface area contributed by atoms with Crippen molar-refractivity contribution in [3.63, 3.8) is 0 Å². The average Bonchev–Trinajstić information content (AvgIpc) is 3.12. The van der Waals surface area contributed by atoms with Gasteiger partial charge in [-0.15, -0.1) is 10.2 Å². The minimum atomic E-state index is -0.0764. The van der Waals surface area contributed by atoms with Gasteiger partial charge in [0.05, 0.1) is 28.5 Å². The van der Waals surface area contributed by atoms with Gasteiger partial charge < -0.3 is 5.32 Å². The second-order valence-corrected chi connectivity index (χ2v) is 8.12. The van der Waals surface area contributed by atoms with E-state index in [-0.39, 0.29) is 5.91 Å². The summed E-state index contributed by atoms with van der Waals surface area (Å²) >= 11 is 2.88.